The van der Waals surface area contributed by atoms with Crippen LogP contribution < -0.4 is 5.32 Å². The van der Waals surface area contributed by atoms with Gasteiger partial charge in [0, 0.05) is 12.5 Å². The maximum Gasteiger partial charge on any atom is 0.282 e. The van der Waals surface area contributed by atoms with Crippen molar-refractivity contribution in [2.24, 2.45) is 0 Å². The highest BCUT2D eigenvalue weighted by atomic mass is 32.2. The summed E-state index contributed by atoms with van der Waals surface area (Å²) in [6.45, 7) is 3.11. The molecule has 1 amide bonds. The Morgan fingerprint density at radius 3 is 2.78 bits per heavy atom. The molecule has 0 unspecified atom stereocenters. The van der Waals surface area contributed by atoms with Gasteiger partial charge >= 0.3 is 0 Å². The minimum atomic E-state index is -0.212. The molecule has 10 heteroatoms. The first-order valence-corrected chi connectivity index (χ1v) is 12.2. The van der Waals surface area contributed by atoms with E-state index in [1.807, 2.05) is 43.3 Å². The van der Waals surface area contributed by atoms with Crippen LogP contribution in [0.4, 0.5) is 0 Å². The zero-order chi connectivity index (χ0) is 21.9. The van der Waals surface area contributed by atoms with Crippen molar-refractivity contribution in [3.8, 4) is 0 Å². The van der Waals surface area contributed by atoms with E-state index in [9.17, 15) is 4.79 Å². The van der Waals surface area contributed by atoms with Crippen LogP contribution in [0.5, 0.6) is 0 Å². The number of nitrogens with zero attached hydrogens (tertiary/aromatic N) is 5. The second-order valence-electron chi connectivity index (χ2n) is 7.74. The third-order valence-electron chi connectivity index (χ3n) is 5.14. The maximum absolute atomic E-state index is 12.4. The van der Waals surface area contributed by atoms with Crippen LogP contribution in [0.3, 0.4) is 0 Å². The van der Waals surface area contributed by atoms with Crippen molar-refractivity contribution >= 4 is 29.0 Å². The molecule has 0 spiro atoms. The van der Waals surface area contributed by atoms with Crippen molar-refractivity contribution in [1.29, 1.82) is 0 Å². The van der Waals surface area contributed by atoms with E-state index in [0.717, 1.165) is 40.2 Å². The lowest BCUT2D eigenvalue weighted by molar-refractivity contribution is 0.0950. The molecule has 0 radical (unpaired) electrons. The molecule has 1 saturated carbocycles. The van der Waals surface area contributed by atoms with E-state index >= 15 is 0 Å². The predicted molar refractivity (Wildman–Crippen MR) is 122 cm³/mol. The molecule has 0 bridgehead atoms. The highest BCUT2D eigenvalue weighted by molar-refractivity contribution is 7.98. The number of carbonyl (C=O) groups excluding carboxylic acids is 1. The van der Waals surface area contributed by atoms with Crippen molar-refractivity contribution < 1.29 is 9.21 Å². The molecule has 8 nitrogen and oxygen atoms in total. The summed E-state index contributed by atoms with van der Waals surface area (Å²) >= 11 is 2.85. The Hall–Kier alpha value is -2.98. The molecule has 1 aliphatic carbocycles. The summed E-state index contributed by atoms with van der Waals surface area (Å²) in [5.41, 5.74) is 2.24. The van der Waals surface area contributed by atoms with Crippen LogP contribution in [-0.4, -0.2) is 30.9 Å². The molecule has 3 heterocycles. The quantitative estimate of drug-likeness (QED) is 0.370. The fraction of sp³-hybridized carbons (Fsp3) is 0.318. The molecule has 1 aromatic carbocycles. The number of nitrogens with one attached hydrogen (secondary N) is 1. The monoisotopic (exact) mass is 466 g/mol. The highest BCUT2D eigenvalue weighted by Crippen LogP contribution is 2.40. The second-order valence-corrected chi connectivity index (χ2v) is 9.74. The molecule has 1 N–H and O–H groups in total. The first-order chi connectivity index (χ1) is 15.7. The van der Waals surface area contributed by atoms with E-state index in [-0.39, 0.29) is 5.91 Å². The van der Waals surface area contributed by atoms with Gasteiger partial charge in [-0.15, -0.1) is 20.4 Å². The minimum Gasteiger partial charge on any atom is -0.467 e. The molecule has 0 saturated heterocycles. The number of furan rings is 1. The zero-order valence-electron chi connectivity index (χ0n) is 17.5. The molecular formula is C22H22N6O2S2. The number of benzene rings is 1. The lowest BCUT2D eigenvalue weighted by Crippen LogP contribution is -2.22. The largest absolute Gasteiger partial charge is 0.467 e. The van der Waals surface area contributed by atoms with Crippen molar-refractivity contribution in [2.45, 2.75) is 49.7 Å². The van der Waals surface area contributed by atoms with Gasteiger partial charge in [-0.05, 0) is 37.5 Å². The molecule has 3 aromatic heterocycles. The Bertz CT molecular complexity index is 1200. The van der Waals surface area contributed by atoms with Crippen LogP contribution in [0.25, 0.3) is 0 Å². The summed E-state index contributed by atoms with van der Waals surface area (Å²) in [7, 11) is 0. The Morgan fingerprint density at radius 1 is 1.19 bits per heavy atom. The Kier molecular flexibility index (Phi) is 6.04. The van der Waals surface area contributed by atoms with Crippen LogP contribution >= 0.6 is 23.1 Å². The van der Waals surface area contributed by atoms with Gasteiger partial charge in [-0.2, -0.15) is 0 Å². The zero-order valence-corrected chi connectivity index (χ0v) is 19.2. The Balaban J connectivity index is 1.21. The van der Waals surface area contributed by atoms with Gasteiger partial charge in [-0.3, -0.25) is 9.36 Å². The van der Waals surface area contributed by atoms with Crippen LogP contribution in [-0.2, 0) is 18.8 Å². The van der Waals surface area contributed by atoms with E-state index in [2.05, 4.69) is 30.3 Å². The number of rotatable bonds is 9. The number of amides is 1. The second kappa shape index (κ2) is 9.25. The van der Waals surface area contributed by atoms with Gasteiger partial charge < -0.3 is 9.73 Å². The fourth-order valence-corrected chi connectivity index (χ4v) is 4.94. The number of thioether (sulfide) groups is 1. The van der Waals surface area contributed by atoms with Crippen molar-refractivity contribution in [2.75, 3.05) is 0 Å². The average molecular weight is 467 g/mol. The molecule has 1 aliphatic rings. The Morgan fingerprint density at radius 2 is 2.03 bits per heavy atom. The SMILES string of the molecule is Cc1ccc(CNC(=O)c2nnc(CSc3nnc(C4CC4)n3Cc3ccco3)s2)cc1. The smallest absolute Gasteiger partial charge is 0.282 e. The van der Waals surface area contributed by atoms with Crippen molar-refractivity contribution in [3.63, 3.8) is 0 Å². The van der Waals surface area contributed by atoms with Gasteiger partial charge in [0.2, 0.25) is 5.01 Å². The summed E-state index contributed by atoms with van der Waals surface area (Å²) in [5, 5.41) is 21.9. The number of hydrogen-bond donors (Lipinski definition) is 1. The highest BCUT2D eigenvalue weighted by Gasteiger charge is 2.30. The Labute approximate surface area is 193 Å². The molecule has 4 aromatic rings. The van der Waals surface area contributed by atoms with Gasteiger partial charge in [0.05, 0.1) is 18.6 Å². The van der Waals surface area contributed by atoms with Crippen LogP contribution in [0, 0.1) is 6.92 Å². The lowest BCUT2D eigenvalue weighted by Gasteiger charge is -2.07. The van der Waals surface area contributed by atoms with Gasteiger partial charge in [-0.25, -0.2) is 0 Å². The van der Waals surface area contributed by atoms with E-state index < -0.39 is 0 Å². The topological polar surface area (TPSA) is 98.7 Å². The third-order valence-corrected chi connectivity index (χ3v) is 7.22. The third kappa shape index (κ3) is 4.91. The number of hydrogen-bond acceptors (Lipinski definition) is 8. The normalized spacial score (nSPS) is 13.4. The summed E-state index contributed by atoms with van der Waals surface area (Å²) in [5.74, 6) is 2.73. The van der Waals surface area contributed by atoms with E-state index in [1.165, 1.54) is 16.9 Å². The fourth-order valence-electron chi connectivity index (χ4n) is 3.25. The van der Waals surface area contributed by atoms with Gasteiger partial charge in [0.15, 0.2) is 5.16 Å². The molecule has 164 valence electrons. The van der Waals surface area contributed by atoms with Crippen molar-refractivity contribution in [3.05, 3.63) is 75.4 Å². The van der Waals surface area contributed by atoms with Crippen LogP contribution in [0.2, 0.25) is 0 Å². The lowest BCUT2D eigenvalue weighted by atomic mass is 10.1. The minimum absolute atomic E-state index is 0.212. The van der Waals surface area contributed by atoms with Crippen LogP contribution in [0.1, 0.15) is 56.3 Å². The van der Waals surface area contributed by atoms with Crippen LogP contribution in [0.15, 0.2) is 52.2 Å². The van der Waals surface area contributed by atoms with Gasteiger partial charge in [-0.1, -0.05) is 52.9 Å². The molecule has 5 rings (SSSR count). The van der Waals surface area contributed by atoms with E-state index in [0.29, 0.717) is 29.8 Å². The first-order valence-electron chi connectivity index (χ1n) is 10.4. The predicted octanol–water partition coefficient (Wildman–Crippen LogP) is 4.18. The summed E-state index contributed by atoms with van der Waals surface area (Å²) in [4.78, 5) is 12.4. The number of carbonyl (C=O) groups is 1. The summed E-state index contributed by atoms with van der Waals surface area (Å²) < 4.78 is 7.64. The molecule has 32 heavy (non-hydrogen) atoms. The average Bonchev–Trinajstić information content (AvgIpc) is 3.18. The van der Waals surface area contributed by atoms with E-state index in [1.54, 1.807) is 18.0 Å². The first kappa shape index (κ1) is 20.9. The summed E-state index contributed by atoms with van der Waals surface area (Å²) in [6.07, 6.45) is 3.98. The van der Waals surface area contributed by atoms with Gasteiger partial charge in [0.25, 0.3) is 5.91 Å². The van der Waals surface area contributed by atoms with Gasteiger partial charge in [0.1, 0.15) is 16.6 Å². The molecule has 0 atom stereocenters. The van der Waals surface area contributed by atoms with Crippen molar-refractivity contribution in [1.82, 2.24) is 30.3 Å². The molecule has 0 aliphatic heterocycles. The standard InChI is InChI=1S/C22H22N6O2S2/c1-14-4-6-15(7-5-14)11-23-20(29)21-26-24-18(32-21)13-31-22-27-25-19(16-8-9-16)28(22)12-17-3-2-10-30-17/h2-7,10,16H,8-9,11-13H2,1H3,(H,23,29). The summed E-state index contributed by atoms with van der Waals surface area (Å²) in [6, 6.07) is 11.9. The maximum atomic E-state index is 12.4. The van der Waals surface area contributed by atoms with E-state index in [4.69, 9.17) is 4.42 Å². The number of aromatic nitrogens is 5. The number of aryl methyl sites for hydroxylation is 1. The molecular weight excluding hydrogens is 444 g/mol. The molecule has 1 fully saturated rings.